The van der Waals surface area contributed by atoms with Crippen molar-refractivity contribution in [3.05, 3.63) is 59.7 Å². The molecule has 0 spiro atoms. The highest BCUT2D eigenvalue weighted by atomic mass is 15.1. The largest absolute Gasteiger partial charge is 0.151 e. The van der Waals surface area contributed by atoms with E-state index in [-0.39, 0.29) is 0 Å². The zero-order valence-corrected chi connectivity index (χ0v) is 15.5. The average Bonchev–Trinajstić information content (AvgIpc) is 2.62. The molecule has 0 aliphatic heterocycles. The minimum absolute atomic E-state index is 0.728. The highest BCUT2D eigenvalue weighted by Crippen LogP contribution is 2.21. The zero-order chi connectivity index (χ0) is 17.4. The number of rotatable bonds is 8. The fourth-order valence-corrected chi connectivity index (χ4v) is 2.61. The Morgan fingerprint density at radius 2 is 0.958 bits per heavy atom. The highest BCUT2D eigenvalue weighted by molar-refractivity contribution is 5.42. The maximum atomic E-state index is 4.35. The standard InChI is InChI=1S/C22H30N2/c1-5-17(3)15-19-7-11-21(12-8-19)23-24-22-13-9-20(10-14-22)16-18(4)6-2/h7-14,17-18H,5-6,15-16H2,1-4H3. The van der Waals surface area contributed by atoms with Crippen molar-refractivity contribution >= 4 is 11.4 Å². The van der Waals surface area contributed by atoms with E-state index in [0.717, 1.165) is 36.1 Å². The Labute approximate surface area is 147 Å². The van der Waals surface area contributed by atoms with Crippen molar-refractivity contribution in [3.8, 4) is 0 Å². The van der Waals surface area contributed by atoms with Gasteiger partial charge < -0.3 is 0 Å². The van der Waals surface area contributed by atoms with E-state index in [1.165, 1.54) is 24.0 Å². The molecular weight excluding hydrogens is 292 g/mol. The summed E-state index contributed by atoms with van der Waals surface area (Å²) in [6.07, 6.45) is 4.69. The van der Waals surface area contributed by atoms with Crippen molar-refractivity contribution in [3.63, 3.8) is 0 Å². The van der Waals surface area contributed by atoms with Crippen molar-refractivity contribution in [2.24, 2.45) is 22.1 Å². The lowest BCUT2D eigenvalue weighted by atomic mass is 9.99. The highest BCUT2D eigenvalue weighted by Gasteiger charge is 2.02. The van der Waals surface area contributed by atoms with Crippen LogP contribution in [0, 0.1) is 11.8 Å². The van der Waals surface area contributed by atoms with Crippen molar-refractivity contribution in [2.75, 3.05) is 0 Å². The lowest BCUT2D eigenvalue weighted by Gasteiger charge is -2.08. The second kappa shape index (κ2) is 9.36. The van der Waals surface area contributed by atoms with Crippen molar-refractivity contribution in [1.29, 1.82) is 0 Å². The normalized spacial score (nSPS) is 14.0. The van der Waals surface area contributed by atoms with Crippen LogP contribution in [-0.2, 0) is 12.8 Å². The van der Waals surface area contributed by atoms with Gasteiger partial charge in [-0.25, -0.2) is 0 Å². The van der Waals surface area contributed by atoms with Crippen LogP contribution >= 0.6 is 0 Å². The van der Waals surface area contributed by atoms with Gasteiger partial charge in [-0.1, -0.05) is 64.8 Å². The monoisotopic (exact) mass is 322 g/mol. The molecule has 2 heteroatoms. The maximum Gasteiger partial charge on any atom is 0.0857 e. The zero-order valence-electron chi connectivity index (χ0n) is 15.5. The van der Waals surface area contributed by atoms with Gasteiger partial charge in [0.2, 0.25) is 0 Å². The van der Waals surface area contributed by atoms with Crippen LogP contribution in [0.5, 0.6) is 0 Å². The molecule has 0 saturated heterocycles. The van der Waals surface area contributed by atoms with Crippen LogP contribution in [0.25, 0.3) is 0 Å². The summed E-state index contributed by atoms with van der Waals surface area (Å²) in [5.41, 5.74) is 4.56. The van der Waals surface area contributed by atoms with Crippen LogP contribution in [0.1, 0.15) is 51.7 Å². The number of nitrogens with zero attached hydrogens (tertiary/aromatic N) is 2. The SMILES string of the molecule is CCC(C)Cc1ccc(N=Nc2ccc(CC(C)CC)cc2)cc1. The van der Waals surface area contributed by atoms with E-state index in [0.29, 0.717) is 0 Å². The van der Waals surface area contributed by atoms with Gasteiger partial charge in [0, 0.05) is 0 Å². The number of azo groups is 1. The minimum atomic E-state index is 0.728. The summed E-state index contributed by atoms with van der Waals surface area (Å²) in [6, 6.07) is 16.9. The van der Waals surface area contributed by atoms with E-state index in [9.17, 15) is 0 Å². The molecule has 0 aromatic heterocycles. The van der Waals surface area contributed by atoms with E-state index in [2.05, 4.69) is 86.5 Å². The first kappa shape index (κ1) is 18.4. The first-order valence-electron chi connectivity index (χ1n) is 9.20. The molecule has 2 unspecified atom stereocenters. The predicted molar refractivity (Wildman–Crippen MR) is 103 cm³/mol. The van der Waals surface area contributed by atoms with Crippen molar-refractivity contribution in [2.45, 2.75) is 53.4 Å². The van der Waals surface area contributed by atoms with Gasteiger partial charge in [-0.3, -0.25) is 0 Å². The van der Waals surface area contributed by atoms with Gasteiger partial charge in [-0.15, -0.1) is 0 Å². The van der Waals surface area contributed by atoms with E-state index in [1.807, 2.05) is 0 Å². The molecule has 0 aliphatic carbocycles. The van der Waals surface area contributed by atoms with Crippen LogP contribution in [0.3, 0.4) is 0 Å². The fraction of sp³-hybridized carbons (Fsp3) is 0.455. The molecule has 0 aliphatic rings. The molecule has 2 atom stereocenters. The van der Waals surface area contributed by atoms with Gasteiger partial charge in [0.1, 0.15) is 0 Å². The van der Waals surface area contributed by atoms with Gasteiger partial charge in [-0.05, 0) is 60.1 Å². The maximum absolute atomic E-state index is 4.35. The topological polar surface area (TPSA) is 24.7 Å². The lowest BCUT2D eigenvalue weighted by Crippen LogP contribution is -1.96. The Kier molecular flexibility index (Phi) is 7.17. The molecule has 0 saturated carbocycles. The van der Waals surface area contributed by atoms with Crippen molar-refractivity contribution in [1.82, 2.24) is 0 Å². The molecule has 0 radical (unpaired) electrons. The van der Waals surface area contributed by atoms with Gasteiger partial charge in [-0.2, -0.15) is 10.2 Å². The number of benzene rings is 2. The molecule has 2 nitrogen and oxygen atoms in total. The Morgan fingerprint density at radius 1 is 0.625 bits per heavy atom. The molecule has 128 valence electrons. The molecule has 0 amide bonds. The summed E-state index contributed by atoms with van der Waals surface area (Å²) in [6.45, 7) is 9.06. The second-order valence-corrected chi connectivity index (χ2v) is 6.97. The number of hydrogen-bond acceptors (Lipinski definition) is 2. The summed E-state index contributed by atoms with van der Waals surface area (Å²) in [4.78, 5) is 0. The molecule has 2 aromatic carbocycles. The van der Waals surface area contributed by atoms with E-state index >= 15 is 0 Å². The minimum Gasteiger partial charge on any atom is -0.151 e. The Bertz CT molecular complexity index is 569. The van der Waals surface area contributed by atoms with Gasteiger partial charge >= 0.3 is 0 Å². The molecule has 2 aromatic rings. The Balaban J connectivity index is 1.95. The fourth-order valence-electron chi connectivity index (χ4n) is 2.61. The van der Waals surface area contributed by atoms with E-state index in [1.54, 1.807) is 0 Å². The molecular formula is C22H30N2. The third-order valence-electron chi connectivity index (χ3n) is 4.72. The Morgan fingerprint density at radius 3 is 1.25 bits per heavy atom. The summed E-state index contributed by atoms with van der Waals surface area (Å²) >= 11 is 0. The predicted octanol–water partition coefficient (Wildman–Crippen LogP) is 7.28. The van der Waals surface area contributed by atoms with Crippen LogP contribution in [0.15, 0.2) is 58.8 Å². The van der Waals surface area contributed by atoms with Crippen LogP contribution in [-0.4, -0.2) is 0 Å². The summed E-state index contributed by atoms with van der Waals surface area (Å²) in [7, 11) is 0. The molecule has 0 bridgehead atoms. The third kappa shape index (κ3) is 5.92. The molecule has 0 heterocycles. The molecule has 2 rings (SSSR count). The summed E-state index contributed by atoms with van der Waals surface area (Å²) < 4.78 is 0. The van der Waals surface area contributed by atoms with Crippen molar-refractivity contribution < 1.29 is 0 Å². The van der Waals surface area contributed by atoms with Crippen LogP contribution in [0.2, 0.25) is 0 Å². The van der Waals surface area contributed by atoms with Gasteiger partial charge in [0.15, 0.2) is 0 Å². The average molecular weight is 322 g/mol. The molecule has 0 fully saturated rings. The summed E-state index contributed by atoms with van der Waals surface area (Å²) in [5.74, 6) is 1.46. The van der Waals surface area contributed by atoms with E-state index < -0.39 is 0 Å². The second-order valence-electron chi connectivity index (χ2n) is 6.97. The first-order valence-corrected chi connectivity index (χ1v) is 9.20. The Hall–Kier alpha value is -1.96. The van der Waals surface area contributed by atoms with Gasteiger partial charge in [0.25, 0.3) is 0 Å². The van der Waals surface area contributed by atoms with E-state index in [4.69, 9.17) is 0 Å². The lowest BCUT2D eigenvalue weighted by molar-refractivity contribution is 0.560. The number of hydrogen-bond donors (Lipinski definition) is 0. The molecule has 24 heavy (non-hydrogen) atoms. The van der Waals surface area contributed by atoms with Gasteiger partial charge in [0.05, 0.1) is 11.4 Å². The van der Waals surface area contributed by atoms with Crippen LogP contribution < -0.4 is 0 Å². The third-order valence-corrected chi connectivity index (χ3v) is 4.72. The smallest absolute Gasteiger partial charge is 0.0857 e. The quantitative estimate of drug-likeness (QED) is 0.456. The molecule has 0 N–H and O–H groups in total. The summed E-state index contributed by atoms with van der Waals surface area (Å²) in [5, 5.41) is 8.70. The first-order chi connectivity index (χ1) is 11.6. The van der Waals surface area contributed by atoms with Crippen LogP contribution in [0.4, 0.5) is 11.4 Å².